The molecule has 2 N–H and O–H groups in total. The van der Waals surface area contributed by atoms with Gasteiger partial charge in [0.15, 0.2) is 0 Å². The molecule has 5 nitrogen and oxygen atoms in total. The van der Waals surface area contributed by atoms with Crippen molar-refractivity contribution in [3.63, 3.8) is 0 Å². The maximum atomic E-state index is 11.6. The molecule has 0 radical (unpaired) electrons. The maximum absolute atomic E-state index is 11.6. The molecule has 1 unspecified atom stereocenters. The molecule has 0 aliphatic carbocycles. The van der Waals surface area contributed by atoms with Crippen molar-refractivity contribution in [2.75, 3.05) is 32.8 Å². The van der Waals surface area contributed by atoms with Gasteiger partial charge in [0, 0.05) is 38.3 Å². The average molecular weight is 285 g/mol. The molecule has 1 atom stereocenters. The summed E-state index contributed by atoms with van der Waals surface area (Å²) in [6, 6.07) is 8.49. The Bertz CT molecular complexity index is 573. The fourth-order valence-corrected chi connectivity index (χ4v) is 2.91. The van der Waals surface area contributed by atoms with Gasteiger partial charge >= 0.3 is 6.03 Å². The van der Waals surface area contributed by atoms with Crippen LogP contribution in [0.5, 0.6) is 0 Å². The van der Waals surface area contributed by atoms with E-state index in [9.17, 15) is 4.79 Å². The fraction of sp³-hybridized carbons (Fsp3) is 0.438. The van der Waals surface area contributed by atoms with Crippen LogP contribution in [-0.2, 0) is 6.54 Å². The van der Waals surface area contributed by atoms with E-state index in [4.69, 9.17) is 5.11 Å². The lowest BCUT2D eigenvalue weighted by molar-refractivity contribution is 0.116. The zero-order valence-electron chi connectivity index (χ0n) is 11.9. The predicted molar refractivity (Wildman–Crippen MR) is 79.6 cm³/mol. The molecule has 5 heteroatoms. The molecule has 1 aromatic rings. The quantitative estimate of drug-likeness (QED) is 0.765. The highest BCUT2D eigenvalue weighted by atomic mass is 16.2. The van der Waals surface area contributed by atoms with Gasteiger partial charge in [0.2, 0.25) is 0 Å². The number of fused-ring (bicyclic) bond motifs is 1. The SMILES string of the molecule is O=C1NCC2CN(Cc3ccc(C#CCO)cc3)CCN12. The molecule has 3 rings (SSSR count). The zero-order valence-corrected chi connectivity index (χ0v) is 11.9. The summed E-state index contributed by atoms with van der Waals surface area (Å²) in [5.41, 5.74) is 2.17. The Kier molecular flexibility index (Phi) is 4.09. The smallest absolute Gasteiger partial charge is 0.317 e. The van der Waals surface area contributed by atoms with Gasteiger partial charge in [-0.05, 0) is 17.7 Å². The molecular formula is C16H19N3O2. The summed E-state index contributed by atoms with van der Waals surface area (Å²) in [7, 11) is 0. The van der Waals surface area contributed by atoms with E-state index in [2.05, 4.69) is 34.2 Å². The second-order valence-corrected chi connectivity index (χ2v) is 5.43. The summed E-state index contributed by atoms with van der Waals surface area (Å²) >= 11 is 0. The van der Waals surface area contributed by atoms with Gasteiger partial charge in [-0.1, -0.05) is 24.0 Å². The minimum atomic E-state index is -0.111. The third-order valence-corrected chi connectivity index (χ3v) is 3.99. The van der Waals surface area contributed by atoms with Gasteiger partial charge in [0.1, 0.15) is 6.61 Å². The highest BCUT2D eigenvalue weighted by Crippen LogP contribution is 2.16. The molecule has 2 saturated heterocycles. The van der Waals surface area contributed by atoms with Crippen molar-refractivity contribution >= 4 is 6.03 Å². The van der Waals surface area contributed by atoms with Crippen molar-refractivity contribution < 1.29 is 9.90 Å². The number of aliphatic hydroxyl groups is 1. The van der Waals surface area contributed by atoms with Crippen LogP contribution >= 0.6 is 0 Å². The molecule has 2 heterocycles. The van der Waals surface area contributed by atoms with Crippen LogP contribution in [0.25, 0.3) is 0 Å². The number of hydrogen-bond acceptors (Lipinski definition) is 3. The number of nitrogens with zero attached hydrogens (tertiary/aromatic N) is 2. The number of hydrogen-bond donors (Lipinski definition) is 2. The van der Waals surface area contributed by atoms with E-state index in [0.717, 1.165) is 38.3 Å². The van der Waals surface area contributed by atoms with Gasteiger partial charge in [-0.15, -0.1) is 0 Å². The van der Waals surface area contributed by atoms with Crippen molar-refractivity contribution in [2.45, 2.75) is 12.6 Å². The van der Waals surface area contributed by atoms with Crippen molar-refractivity contribution in [3.8, 4) is 11.8 Å². The first kappa shape index (κ1) is 13.9. The Labute approximate surface area is 124 Å². The number of urea groups is 1. The highest BCUT2D eigenvalue weighted by molar-refractivity contribution is 5.77. The van der Waals surface area contributed by atoms with E-state index >= 15 is 0 Å². The lowest BCUT2D eigenvalue weighted by atomic mass is 10.1. The Morgan fingerprint density at radius 1 is 1.29 bits per heavy atom. The van der Waals surface area contributed by atoms with Crippen LogP contribution in [0.3, 0.4) is 0 Å². The lowest BCUT2D eigenvalue weighted by Gasteiger charge is -2.36. The molecule has 0 saturated carbocycles. The van der Waals surface area contributed by atoms with Crippen LogP contribution in [0.1, 0.15) is 11.1 Å². The summed E-state index contributed by atoms with van der Waals surface area (Å²) in [6.07, 6.45) is 0. The predicted octanol–water partition coefficient (Wildman–Crippen LogP) is 0.240. The summed E-state index contributed by atoms with van der Waals surface area (Å²) in [5.74, 6) is 5.54. The van der Waals surface area contributed by atoms with Crippen LogP contribution in [0.2, 0.25) is 0 Å². The Morgan fingerprint density at radius 3 is 2.86 bits per heavy atom. The van der Waals surface area contributed by atoms with Crippen LogP contribution in [-0.4, -0.2) is 59.8 Å². The van der Waals surface area contributed by atoms with E-state index in [0.29, 0.717) is 6.04 Å². The molecule has 0 aromatic heterocycles. The van der Waals surface area contributed by atoms with Crippen molar-refractivity contribution in [1.29, 1.82) is 0 Å². The van der Waals surface area contributed by atoms with E-state index in [1.807, 2.05) is 17.0 Å². The van der Waals surface area contributed by atoms with Gasteiger partial charge < -0.3 is 15.3 Å². The van der Waals surface area contributed by atoms with E-state index in [-0.39, 0.29) is 12.6 Å². The standard InChI is InChI=1S/C16H19N3O2/c20-9-1-2-13-3-5-14(6-4-13)11-18-7-8-19-15(12-18)10-17-16(19)21/h3-6,15,20H,7-12H2,(H,17,21). The van der Waals surface area contributed by atoms with Gasteiger partial charge in [-0.3, -0.25) is 4.90 Å². The van der Waals surface area contributed by atoms with E-state index < -0.39 is 0 Å². The summed E-state index contributed by atoms with van der Waals surface area (Å²) < 4.78 is 0. The van der Waals surface area contributed by atoms with Crippen molar-refractivity contribution in [2.24, 2.45) is 0 Å². The molecule has 21 heavy (non-hydrogen) atoms. The minimum absolute atomic E-state index is 0.0754. The molecule has 0 spiro atoms. The number of rotatable bonds is 2. The van der Waals surface area contributed by atoms with Gasteiger partial charge in [0.05, 0.1) is 6.04 Å². The van der Waals surface area contributed by atoms with E-state index in [1.165, 1.54) is 5.56 Å². The lowest BCUT2D eigenvalue weighted by Crippen LogP contribution is -2.51. The first-order valence-electron chi connectivity index (χ1n) is 7.22. The Morgan fingerprint density at radius 2 is 2.10 bits per heavy atom. The number of piperazine rings is 1. The summed E-state index contributed by atoms with van der Waals surface area (Å²) in [4.78, 5) is 15.9. The molecular weight excluding hydrogens is 266 g/mol. The zero-order chi connectivity index (χ0) is 14.7. The van der Waals surface area contributed by atoms with Crippen LogP contribution < -0.4 is 5.32 Å². The molecule has 2 amide bonds. The Hall–Kier alpha value is -2.03. The van der Waals surface area contributed by atoms with Gasteiger partial charge in [-0.2, -0.15) is 0 Å². The number of carbonyl (C=O) groups excluding carboxylic acids is 1. The topological polar surface area (TPSA) is 55.8 Å². The number of aliphatic hydroxyl groups excluding tert-OH is 1. The first-order valence-corrected chi connectivity index (χ1v) is 7.22. The normalized spacial score (nSPS) is 21.5. The highest BCUT2D eigenvalue weighted by Gasteiger charge is 2.35. The van der Waals surface area contributed by atoms with E-state index in [1.54, 1.807) is 0 Å². The largest absolute Gasteiger partial charge is 0.384 e. The van der Waals surface area contributed by atoms with Crippen molar-refractivity contribution in [3.05, 3.63) is 35.4 Å². The molecule has 2 aliphatic heterocycles. The number of nitrogens with one attached hydrogen (secondary N) is 1. The van der Waals surface area contributed by atoms with Crippen LogP contribution in [0.4, 0.5) is 4.79 Å². The second kappa shape index (κ2) is 6.17. The summed E-state index contributed by atoms with van der Waals surface area (Å²) in [6.45, 7) is 4.18. The van der Waals surface area contributed by atoms with Crippen molar-refractivity contribution in [1.82, 2.24) is 15.1 Å². The molecule has 0 bridgehead atoms. The van der Waals surface area contributed by atoms with Crippen LogP contribution in [0.15, 0.2) is 24.3 Å². The monoisotopic (exact) mass is 285 g/mol. The Balaban J connectivity index is 1.58. The van der Waals surface area contributed by atoms with Gasteiger partial charge in [-0.25, -0.2) is 4.79 Å². The second-order valence-electron chi connectivity index (χ2n) is 5.43. The molecule has 110 valence electrons. The average Bonchev–Trinajstić information content (AvgIpc) is 2.87. The molecule has 2 aliphatic rings. The maximum Gasteiger partial charge on any atom is 0.317 e. The number of benzene rings is 1. The molecule has 1 aromatic carbocycles. The molecule has 2 fully saturated rings. The van der Waals surface area contributed by atoms with Crippen LogP contribution in [0, 0.1) is 11.8 Å². The summed E-state index contributed by atoms with van der Waals surface area (Å²) in [5, 5.41) is 11.6. The third kappa shape index (κ3) is 3.18. The first-order chi connectivity index (χ1) is 10.3. The number of amides is 2. The van der Waals surface area contributed by atoms with Gasteiger partial charge in [0.25, 0.3) is 0 Å². The fourth-order valence-electron chi connectivity index (χ4n) is 2.91. The third-order valence-electron chi connectivity index (χ3n) is 3.99. The number of carbonyl (C=O) groups is 1. The minimum Gasteiger partial charge on any atom is -0.384 e.